The van der Waals surface area contributed by atoms with Crippen LogP contribution < -0.4 is 15.4 Å². The first-order valence-electron chi connectivity index (χ1n) is 6.31. The van der Waals surface area contributed by atoms with Gasteiger partial charge in [-0.25, -0.2) is 0 Å². The van der Waals surface area contributed by atoms with Gasteiger partial charge in [-0.1, -0.05) is 12.1 Å². The van der Waals surface area contributed by atoms with Crippen molar-refractivity contribution in [1.82, 2.24) is 10.6 Å². The summed E-state index contributed by atoms with van der Waals surface area (Å²) in [6.07, 6.45) is 3.40. The maximum Gasteiger partial charge on any atom is 0.190 e. The number of rotatable bonds is 6. The summed E-state index contributed by atoms with van der Waals surface area (Å²) in [5.74, 6) is 1.76. The van der Waals surface area contributed by atoms with E-state index in [0.29, 0.717) is 0 Å². The van der Waals surface area contributed by atoms with E-state index in [-0.39, 0.29) is 0 Å². The third-order valence-corrected chi connectivity index (χ3v) is 2.80. The molecule has 2 N–H and O–H groups in total. The molecule has 1 rings (SSSR count). The second kappa shape index (κ2) is 8.39. The molecule has 0 aliphatic heterocycles. The smallest absolute Gasteiger partial charge is 0.190 e. The zero-order valence-electron chi connectivity index (χ0n) is 11.5. The summed E-state index contributed by atoms with van der Waals surface area (Å²) in [4.78, 5) is 4.06. The maximum absolute atomic E-state index is 5.13. The van der Waals surface area contributed by atoms with Crippen LogP contribution in [0.3, 0.4) is 0 Å². The van der Waals surface area contributed by atoms with Gasteiger partial charge in [0.1, 0.15) is 5.75 Å². The Kier molecular flexibility index (Phi) is 6.69. The Labute approximate surface area is 109 Å². The minimum atomic E-state index is 0.847. The number of guanidine groups is 1. The fraction of sp³-hybridized carbons (Fsp3) is 0.500. The SMILES string of the molecule is CN=C(NC)NCCCCc1ccc(OC)cc1. The van der Waals surface area contributed by atoms with Crippen molar-refractivity contribution in [3.63, 3.8) is 0 Å². The van der Waals surface area contributed by atoms with E-state index in [0.717, 1.165) is 31.1 Å². The molecule has 0 saturated heterocycles. The zero-order valence-corrected chi connectivity index (χ0v) is 11.5. The average molecular weight is 249 g/mol. The Bertz CT molecular complexity index is 360. The number of nitrogens with one attached hydrogen (secondary N) is 2. The van der Waals surface area contributed by atoms with E-state index >= 15 is 0 Å². The molecule has 0 aliphatic carbocycles. The number of ether oxygens (including phenoxy) is 1. The van der Waals surface area contributed by atoms with Crippen molar-refractivity contribution in [2.45, 2.75) is 19.3 Å². The van der Waals surface area contributed by atoms with Gasteiger partial charge < -0.3 is 15.4 Å². The van der Waals surface area contributed by atoms with Crippen LogP contribution in [0.5, 0.6) is 5.75 Å². The summed E-state index contributed by atoms with van der Waals surface area (Å²) in [5, 5.41) is 6.24. The number of aliphatic imine (C=N–C) groups is 1. The summed E-state index contributed by atoms with van der Waals surface area (Å²) in [6.45, 7) is 0.948. The second-order valence-electron chi connectivity index (χ2n) is 4.05. The van der Waals surface area contributed by atoms with Gasteiger partial charge in [-0.3, -0.25) is 4.99 Å². The summed E-state index contributed by atoms with van der Waals surface area (Å²) < 4.78 is 5.13. The van der Waals surface area contributed by atoms with E-state index in [4.69, 9.17) is 4.74 Å². The summed E-state index contributed by atoms with van der Waals surface area (Å²) in [7, 11) is 5.33. The van der Waals surface area contributed by atoms with Crippen LogP contribution in [0.25, 0.3) is 0 Å². The van der Waals surface area contributed by atoms with Gasteiger partial charge in [-0.15, -0.1) is 0 Å². The van der Waals surface area contributed by atoms with Gasteiger partial charge in [-0.2, -0.15) is 0 Å². The molecular formula is C14H23N3O. The number of unbranched alkanes of at least 4 members (excludes halogenated alkanes) is 1. The summed E-state index contributed by atoms with van der Waals surface area (Å²) in [6, 6.07) is 8.27. The van der Waals surface area contributed by atoms with Crippen LogP contribution in [-0.2, 0) is 6.42 Å². The molecule has 0 aromatic heterocycles. The molecule has 4 heteroatoms. The van der Waals surface area contributed by atoms with Gasteiger partial charge in [0, 0.05) is 20.6 Å². The van der Waals surface area contributed by atoms with Crippen LogP contribution in [0.4, 0.5) is 0 Å². The lowest BCUT2D eigenvalue weighted by molar-refractivity contribution is 0.414. The first-order valence-corrected chi connectivity index (χ1v) is 6.31. The molecule has 0 atom stereocenters. The molecule has 0 heterocycles. The molecule has 0 radical (unpaired) electrons. The van der Waals surface area contributed by atoms with Crippen molar-refractivity contribution >= 4 is 5.96 Å². The molecule has 0 aliphatic rings. The van der Waals surface area contributed by atoms with E-state index < -0.39 is 0 Å². The zero-order chi connectivity index (χ0) is 13.2. The number of aryl methyl sites for hydroxylation is 1. The maximum atomic E-state index is 5.13. The van der Waals surface area contributed by atoms with Crippen molar-refractivity contribution in [3.05, 3.63) is 29.8 Å². The molecule has 100 valence electrons. The van der Waals surface area contributed by atoms with Gasteiger partial charge in [0.05, 0.1) is 7.11 Å². The number of nitrogens with zero attached hydrogens (tertiary/aromatic N) is 1. The minimum Gasteiger partial charge on any atom is -0.497 e. The van der Waals surface area contributed by atoms with E-state index in [2.05, 4.69) is 27.8 Å². The lowest BCUT2D eigenvalue weighted by Gasteiger charge is -2.08. The van der Waals surface area contributed by atoms with Gasteiger partial charge >= 0.3 is 0 Å². The average Bonchev–Trinajstić information content (AvgIpc) is 2.43. The van der Waals surface area contributed by atoms with Gasteiger partial charge in [-0.05, 0) is 37.0 Å². The number of benzene rings is 1. The molecule has 18 heavy (non-hydrogen) atoms. The van der Waals surface area contributed by atoms with Crippen molar-refractivity contribution in [1.29, 1.82) is 0 Å². The van der Waals surface area contributed by atoms with Crippen LogP contribution in [0.1, 0.15) is 18.4 Å². The molecular weight excluding hydrogens is 226 g/mol. The van der Waals surface area contributed by atoms with Crippen LogP contribution in [0.2, 0.25) is 0 Å². The van der Waals surface area contributed by atoms with Crippen LogP contribution in [0, 0.1) is 0 Å². The highest BCUT2D eigenvalue weighted by Crippen LogP contribution is 2.12. The quantitative estimate of drug-likeness (QED) is 0.459. The predicted molar refractivity (Wildman–Crippen MR) is 76.4 cm³/mol. The largest absolute Gasteiger partial charge is 0.497 e. The highest BCUT2D eigenvalue weighted by molar-refractivity contribution is 5.79. The Morgan fingerprint density at radius 1 is 1.22 bits per heavy atom. The van der Waals surface area contributed by atoms with Crippen molar-refractivity contribution in [3.8, 4) is 5.75 Å². The van der Waals surface area contributed by atoms with E-state index in [1.54, 1.807) is 14.2 Å². The fourth-order valence-electron chi connectivity index (χ4n) is 1.73. The lowest BCUT2D eigenvalue weighted by atomic mass is 10.1. The fourth-order valence-corrected chi connectivity index (χ4v) is 1.73. The Hall–Kier alpha value is -1.71. The van der Waals surface area contributed by atoms with Crippen molar-refractivity contribution in [2.75, 3.05) is 27.7 Å². The molecule has 0 amide bonds. The lowest BCUT2D eigenvalue weighted by Crippen LogP contribution is -2.35. The predicted octanol–water partition coefficient (Wildman–Crippen LogP) is 1.81. The Morgan fingerprint density at radius 3 is 2.50 bits per heavy atom. The normalized spacial score (nSPS) is 11.2. The Balaban J connectivity index is 2.17. The first kappa shape index (κ1) is 14.4. The van der Waals surface area contributed by atoms with Crippen LogP contribution in [0.15, 0.2) is 29.3 Å². The first-order chi connectivity index (χ1) is 8.80. The van der Waals surface area contributed by atoms with Gasteiger partial charge in [0.25, 0.3) is 0 Å². The van der Waals surface area contributed by atoms with Gasteiger partial charge in [0.15, 0.2) is 5.96 Å². The summed E-state index contributed by atoms with van der Waals surface area (Å²) in [5.41, 5.74) is 1.36. The third-order valence-electron chi connectivity index (χ3n) is 2.80. The molecule has 0 bridgehead atoms. The number of methoxy groups -OCH3 is 1. The minimum absolute atomic E-state index is 0.847. The van der Waals surface area contributed by atoms with Crippen molar-refractivity contribution in [2.24, 2.45) is 4.99 Å². The highest BCUT2D eigenvalue weighted by atomic mass is 16.5. The molecule has 0 fully saturated rings. The molecule has 0 saturated carbocycles. The molecule has 4 nitrogen and oxygen atoms in total. The molecule has 0 spiro atoms. The molecule has 1 aromatic carbocycles. The highest BCUT2D eigenvalue weighted by Gasteiger charge is 1.96. The third kappa shape index (κ3) is 5.08. The van der Waals surface area contributed by atoms with Crippen molar-refractivity contribution < 1.29 is 4.74 Å². The number of hydrogen-bond donors (Lipinski definition) is 2. The standard InChI is InChI=1S/C14H23N3O/c1-15-14(16-2)17-11-5-4-6-12-7-9-13(18-3)10-8-12/h7-10H,4-6,11H2,1-3H3,(H2,15,16,17). The Morgan fingerprint density at radius 2 is 1.94 bits per heavy atom. The monoisotopic (exact) mass is 249 g/mol. The molecule has 0 unspecified atom stereocenters. The van der Waals surface area contributed by atoms with E-state index in [1.807, 2.05) is 19.2 Å². The summed E-state index contributed by atoms with van der Waals surface area (Å²) >= 11 is 0. The topological polar surface area (TPSA) is 45.7 Å². The second-order valence-corrected chi connectivity index (χ2v) is 4.05. The van der Waals surface area contributed by atoms with Crippen LogP contribution >= 0.6 is 0 Å². The van der Waals surface area contributed by atoms with E-state index in [1.165, 1.54) is 12.0 Å². The number of hydrogen-bond acceptors (Lipinski definition) is 2. The van der Waals surface area contributed by atoms with E-state index in [9.17, 15) is 0 Å². The molecule has 1 aromatic rings. The van der Waals surface area contributed by atoms with Crippen LogP contribution in [-0.4, -0.2) is 33.7 Å². The van der Waals surface area contributed by atoms with Gasteiger partial charge in [0.2, 0.25) is 0 Å².